The van der Waals surface area contributed by atoms with E-state index in [2.05, 4.69) is 17.0 Å². The number of para-hydroxylation sites is 1. The number of hydrogen-bond donors (Lipinski definition) is 1. The van der Waals surface area contributed by atoms with E-state index in [0.717, 1.165) is 18.8 Å². The third-order valence-corrected chi connectivity index (χ3v) is 3.76. The maximum Gasteiger partial charge on any atom is 0.340 e. The van der Waals surface area contributed by atoms with Gasteiger partial charge in [-0.15, -0.1) is 0 Å². The van der Waals surface area contributed by atoms with E-state index < -0.39 is 0 Å². The van der Waals surface area contributed by atoms with E-state index in [0.29, 0.717) is 17.9 Å². The zero-order chi connectivity index (χ0) is 14.8. The summed E-state index contributed by atoms with van der Waals surface area (Å²) in [7, 11) is 0. The van der Waals surface area contributed by atoms with Crippen molar-refractivity contribution in [3.8, 4) is 0 Å². The van der Waals surface area contributed by atoms with Gasteiger partial charge in [0, 0.05) is 13.1 Å². The summed E-state index contributed by atoms with van der Waals surface area (Å²) >= 11 is 0. The van der Waals surface area contributed by atoms with Crippen LogP contribution in [0.5, 0.6) is 0 Å². The normalized spacial score (nSPS) is 13.1. The van der Waals surface area contributed by atoms with Gasteiger partial charge in [-0.2, -0.15) is 0 Å². The van der Waals surface area contributed by atoms with Crippen LogP contribution in [0.3, 0.4) is 0 Å². The maximum absolute atomic E-state index is 11.9. The molecule has 0 atom stereocenters. The van der Waals surface area contributed by atoms with Crippen LogP contribution < -0.4 is 10.6 Å². The monoisotopic (exact) mass is 282 g/mol. The number of esters is 1. The van der Waals surface area contributed by atoms with Gasteiger partial charge in [0.05, 0.1) is 23.5 Å². The molecule has 0 radical (unpaired) electrons. The van der Waals surface area contributed by atoms with E-state index in [4.69, 9.17) is 10.5 Å². The number of nitrogens with zero attached hydrogens (tertiary/aromatic N) is 1. The number of benzene rings is 2. The Morgan fingerprint density at radius 2 is 1.81 bits per heavy atom. The van der Waals surface area contributed by atoms with Crippen LogP contribution in [0.25, 0.3) is 0 Å². The van der Waals surface area contributed by atoms with Gasteiger partial charge >= 0.3 is 5.97 Å². The van der Waals surface area contributed by atoms with Crippen LogP contribution in [0.1, 0.15) is 28.4 Å². The van der Waals surface area contributed by atoms with Crippen molar-refractivity contribution in [1.82, 2.24) is 0 Å². The fraction of sp³-hybridized carbons (Fsp3) is 0.235. The van der Waals surface area contributed by atoms with Crippen molar-refractivity contribution in [3.63, 3.8) is 0 Å². The lowest BCUT2D eigenvalue weighted by atomic mass is 10.1. The predicted octanol–water partition coefficient (Wildman–Crippen LogP) is 2.97. The number of anilines is 2. The lowest BCUT2D eigenvalue weighted by Gasteiger charge is -2.21. The molecule has 2 N–H and O–H groups in total. The number of fused-ring (bicyclic) bond motifs is 1. The minimum Gasteiger partial charge on any atom is -0.462 e. The molecule has 0 saturated heterocycles. The number of hydrogen-bond acceptors (Lipinski definition) is 4. The Labute approximate surface area is 124 Å². The topological polar surface area (TPSA) is 55.6 Å². The molecule has 0 saturated carbocycles. The van der Waals surface area contributed by atoms with E-state index in [1.54, 1.807) is 13.0 Å². The van der Waals surface area contributed by atoms with Crippen molar-refractivity contribution in [2.75, 3.05) is 17.2 Å². The Balaban J connectivity index is 1.91. The van der Waals surface area contributed by atoms with Gasteiger partial charge in [-0.3, -0.25) is 0 Å². The van der Waals surface area contributed by atoms with Crippen molar-refractivity contribution in [2.45, 2.75) is 20.0 Å². The van der Waals surface area contributed by atoms with Crippen molar-refractivity contribution >= 4 is 17.3 Å². The summed E-state index contributed by atoms with van der Waals surface area (Å²) in [4.78, 5) is 14.1. The Morgan fingerprint density at radius 3 is 2.43 bits per heavy atom. The van der Waals surface area contributed by atoms with Crippen LogP contribution in [0.15, 0.2) is 42.5 Å². The summed E-state index contributed by atoms with van der Waals surface area (Å²) < 4.78 is 5.05. The van der Waals surface area contributed by atoms with Crippen molar-refractivity contribution in [2.24, 2.45) is 0 Å². The summed E-state index contributed by atoms with van der Waals surface area (Å²) in [5.74, 6) is -0.367. The fourth-order valence-corrected chi connectivity index (χ4v) is 2.72. The largest absolute Gasteiger partial charge is 0.462 e. The average Bonchev–Trinajstić information content (AvgIpc) is 2.91. The molecule has 0 unspecified atom stereocenters. The fourth-order valence-electron chi connectivity index (χ4n) is 2.72. The average molecular weight is 282 g/mol. The Kier molecular flexibility index (Phi) is 3.52. The molecule has 0 amide bonds. The van der Waals surface area contributed by atoms with Gasteiger partial charge in [0.15, 0.2) is 0 Å². The quantitative estimate of drug-likeness (QED) is 0.694. The number of carbonyl (C=O) groups is 1. The molecule has 1 aliphatic rings. The third kappa shape index (κ3) is 2.44. The summed E-state index contributed by atoms with van der Waals surface area (Å²) in [6.45, 7) is 3.76. The number of ether oxygens (including phenoxy) is 1. The Hall–Kier alpha value is -2.49. The third-order valence-electron chi connectivity index (χ3n) is 3.76. The van der Waals surface area contributed by atoms with Crippen molar-refractivity contribution in [1.29, 1.82) is 0 Å². The first-order valence-corrected chi connectivity index (χ1v) is 7.08. The van der Waals surface area contributed by atoms with Crippen molar-refractivity contribution in [3.05, 3.63) is 59.2 Å². The van der Waals surface area contributed by atoms with Crippen LogP contribution in [0.4, 0.5) is 11.4 Å². The molecule has 0 aliphatic carbocycles. The molecule has 2 aromatic carbocycles. The van der Waals surface area contributed by atoms with Gasteiger partial charge in [0.25, 0.3) is 0 Å². The van der Waals surface area contributed by atoms with Crippen LogP contribution in [0, 0.1) is 0 Å². The van der Waals surface area contributed by atoms with Gasteiger partial charge in [0.2, 0.25) is 0 Å². The van der Waals surface area contributed by atoms with E-state index in [1.165, 1.54) is 11.1 Å². The highest BCUT2D eigenvalue weighted by Crippen LogP contribution is 2.33. The molecule has 0 spiro atoms. The lowest BCUT2D eigenvalue weighted by Crippen LogP contribution is -2.18. The highest BCUT2D eigenvalue weighted by atomic mass is 16.5. The van der Waals surface area contributed by atoms with E-state index >= 15 is 0 Å². The molecule has 4 heteroatoms. The first-order chi connectivity index (χ1) is 10.2. The molecule has 108 valence electrons. The molecule has 4 nitrogen and oxygen atoms in total. The number of nitrogens with two attached hydrogens (primary N) is 1. The molecule has 1 heterocycles. The molecular formula is C17H18N2O2. The molecule has 21 heavy (non-hydrogen) atoms. The summed E-state index contributed by atoms with van der Waals surface area (Å²) in [6, 6.07) is 13.8. The molecule has 0 fully saturated rings. The smallest absolute Gasteiger partial charge is 0.340 e. The highest BCUT2D eigenvalue weighted by molar-refractivity contribution is 5.98. The van der Waals surface area contributed by atoms with Crippen LogP contribution in [-0.4, -0.2) is 12.6 Å². The van der Waals surface area contributed by atoms with E-state index in [-0.39, 0.29) is 5.97 Å². The number of nitrogen functional groups attached to an aromatic ring is 1. The number of carbonyl (C=O) groups excluding carboxylic acids is 1. The van der Waals surface area contributed by atoms with Gasteiger partial charge in [0.1, 0.15) is 0 Å². The Bertz CT molecular complexity index is 657. The first kappa shape index (κ1) is 13.5. The summed E-state index contributed by atoms with van der Waals surface area (Å²) in [5, 5.41) is 0. The molecule has 0 bridgehead atoms. The molecule has 1 aliphatic heterocycles. The first-order valence-electron chi connectivity index (χ1n) is 7.08. The number of rotatable bonds is 3. The molecule has 0 aromatic heterocycles. The standard InChI is InChI=1S/C17H18N2O2/c1-2-21-17(20)14-8-5-9-15(16(14)18)19-10-12-6-3-4-7-13(12)11-19/h3-9H,2,10-11,18H2,1H3. The zero-order valence-corrected chi connectivity index (χ0v) is 12.0. The van der Waals surface area contributed by atoms with Crippen molar-refractivity contribution < 1.29 is 9.53 Å². The van der Waals surface area contributed by atoms with Gasteiger partial charge < -0.3 is 15.4 Å². The molecule has 3 rings (SSSR count). The van der Waals surface area contributed by atoms with Crippen LogP contribution in [-0.2, 0) is 17.8 Å². The molecule has 2 aromatic rings. The van der Waals surface area contributed by atoms with Crippen LogP contribution >= 0.6 is 0 Å². The second-order valence-corrected chi connectivity index (χ2v) is 5.08. The van der Waals surface area contributed by atoms with E-state index in [9.17, 15) is 4.79 Å². The Morgan fingerprint density at radius 1 is 1.14 bits per heavy atom. The minimum atomic E-state index is -0.367. The van der Waals surface area contributed by atoms with Gasteiger partial charge in [-0.1, -0.05) is 30.3 Å². The minimum absolute atomic E-state index is 0.345. The zero-order valence-electron chi connectivity index (χ0n) is 12.0. The van der Waals surface area contributed by atoms with Crippen LogP contribution in [0.2, 0.25) is 0 Å². The second kappa shape index (κ2) is 5.48. The second-order valence-electron chi connectivity index (χ2n) is 5.08. The van der Waals surface area contributed by atoms with E-state index in [1.807, 2.05) is 24.3 Å². The SMILES string of the molecule is CCOC(=O)c1cccc(N2Cc3ccccc3C2)c1N. The highest BCUT2D eigenvalue weighted by Gasteiger charge is 2.22. The maximum atomic E-state index is 11.9. The lowest BCUT2D eigenvalue weighted by molar-refractivity contribution is 0.0527. The summed E-state index contributed by atoms with van der Waals surface area (Å²) in [5.41, 5.74) is 10.6. The van der Waals surface area contributed by atoms with Gasteiger partial charge in [-0.25, -0.2) is 4.79 Å². The predicted molar refractivity (Wildman–Crippen MR) is 83.1 cm³/mol. The molecular weight excluding hydrogens is 264 g/mol. The summed E-state index contributed by atoms with van der Waals surface area (Å²) in [6.07, 6.45) is 0. The van der Waals surface area contributed by atoms with Gasteiger partial charge in [-0.05, 0) is 30.2 Å².